The number of rotatable bonds is 5. The van der Waals surface area contributed by atoms with E-state index in [9.17, 15) is 9.59 Å². The molecule has 2 saturated heterocycles. The number of ether oxygens (including phenoxy) is 2. The number of morpholine rings is 1. The number of amidine groups is 1. The highest BCUT2D eigenvalue weighted by Gasteiger charge is 2.24. The number of benzene rings is 2. The van der Waals surface area contributed by atoms with Crippen LogP contribution in [0.3, 0.4) is 0 Å². The lowest BCUT2D eigenvalue weighted by Gasteiger charge is -2.26. The Morgan fingerprint density at radius 1 is 1.27 bits per heavy atom. The highest BCUT2D eigenvalue weighted by molar-refractivity contribution is 9.10. The molecule has 2 heterocycles. The second kappa shape index (κ2) is 10.5. The van der Waals surface area contributed by atoms with Crippen LogP contribution in [-0.4, -0.2) is 54.8 Å². The Bertz CT molecular complexity index is 1140. The first-order chi connectivity index (χ1) is 15.9. The van der Waals surface area contributed by atoms with Crippen LogP contribution in [-0.2, 0) is 14.3 Å². The van der Waals surface area contributed by atoms with E-state index in [4.69, 9.17) is 9.47 Å². The molecule has 33 heavy (non-hydrogen) atoms. The summed E-state index contributed by atoms with van der Waals surface area (Å²) in [5.41, 5.74) is 3.92. The molecule has 0 aromatic heterocycles. The smallest absolute Gasteiger partial charge is 0.264 e. The van der Waals surface area contributed by atoms with Gasteiger partial charge in [-0.15, -0.1) is 0 Å². The summed E-state index contributed by atoms with van der Waals surface area (Å²) in [6.45, 7) is 6.31. The van der Waals surface area contributed by atoms with Crippen molar-refractivity contribution in [2.45, 2.75) is 13.8 Å². The molecule has 2 aromatic rings. The third kappa shape index (κ3) is 5.85. The number of halogens is 1. The molecule has 4 rings (SSSR count). The van der Waals surface area contributed by atoms with E-state index in [1.54, 1.807) is 17.0 Å². The Balaban J connectivity index is 1.42. The molecule has 7 nitrogen and oxygen atoms in total. The van der Waals surface area contributed by atoms with Crippen LogP contribution in [0.2, 0.25) is 0 Å². The summed E-state index contributed by atoms with van der Waals surface area (Å²) in [4.78, 5) is 31.6. The summed E-state index contributed by atoms with van der Waals surface area (Å²) in [6.07, 6.45) is 1.80. The zero-order valence-corrected chi connectivity index (χ0v) is 20.8. The lowest BCUT2D eigenvalue weighted by molar-refractivity contribution is -0.137. The number of nitrogens with one attached hydrogen (secondary N) is 1. The topological polar surface area (TPSA) is 80.2 Å². The van der Waals surface area contributed by atoms with Gasteiger partial charge in [-0.25, -0.2) is 4.99 Å². The molecule has 2 aromatic carbocycles. The second-order valence-corrected chi connectivity index (χ2v) is 9.56. The minimum atomic E-state index is -0.184. The fourth-order valence-corrected chi connectivity index (χ4v) is 4.71. The van der Waals surface area contributed by atoms with Gasteiger partial charge in [0.15, 0.2) is 11.8 Å². The molecule has 0 spiro atoms. The van der Waals surface area contributed by atoms with Crippen molar-refractivity contribution in [1.29, 1.82) is 0 Å². The van der Waals surface area contributed by atoms with Crippen molar-refractivity contribution >= 4 is 56.4 Å². The minimum Gasteiger partial charge on any atom is -0.483 e. The van der Waals surface area contributed by atoms with Gasteiger partial charge in [0.05, 0.1) is 28.3 Å². The molecule has 2 aliphatic heterocycles. The maximum atomic E-state index is 12.4. The summed E-state index contributed by atoms with van der Waals surface area (Å²) in [7, 11) is 0. The number of aryl methyl sites for hydroxylation is 1. The molecular weight excluding hydrogens is 506 g/mol. The third-order valence-electron chi connectivity index (χ3n) is 5.42. The maximum absolute atomic E-state index is 12.4. The summed E-state index contributed by atoms with van der Waals surface area (Å²) in [5, 5.41) is 3.38. The molecule has 0 bridgehead atoms. The van der Waals surface area contributed by atoms with Crippen molar-refractivity contribution in [2.24, 2.45) is 4.99 Å². The Kier molecular flexibility index (Phi) is 7.52. The van der Waals surface area contributed by atoms with Gasteiger partial charge in [-0.1, -0.05) is 18.2 Å². The molecule has 0 aliphatic carbocycles. The van der Waals surface area contributed by atoms with Crippen molar-refractivity contribution in [3.63, 3.8) is 0 Å². The first-order valence-electron chi connectivity index (χ1n) is 10.5. The van der Waals surface area contributed by atoms with Crippen molar-refractivity contribution in [3.8, 4) is 5.75 Å². The minimum absolute atomic E-state index is 0.0322. The van der Waals surface area contributed by atoms with Gasteiger partial charge < -0.3 is 19.7 Å². The van der Waals surface area contributed by atoms with Crippen LogP contribution < -0.4 is 10.1 Å². The number of nitrogens with zero attached hydrogens (tertiary/aromatic N) is 2. The molecule has 2 amide bonds. The average molecular weight is 530 g/mol. The van der Waals surface area contributed by atoms with Crippen LogP contribution >= 0.6 is 27.7 Å². The van der Waals surface area contributed by atoms with Gasteiger partial charge in [-0.05, 0) is 82.5 Å². The van der Waals surface area contributed by atoms with Gasteiger partial charge in [0.2, 0.25) is 0 Å². The molecule has 9 heteroatoms. The number of hydrogen-bond acceptors (Lipinski definition) is 6. The SMILES string of the molecule is Cc1cccc(N=C2NC(=O)/C(=C/c3ccc(OCC(=O)N4CCOCC4)c(Br)c3)S2)c1C. The van der Waals surface area contributed by atoms with Gasteiger partial charge in [0.1, 0.15) is 5.75 Å². The molecule has 172 valence electrons. The van der Waals surface area contributed by atoms with E-state index in [-0.39, 0.29) is 18.4 Å². The number of carbonyl (C=O) groups excluding carboxylic acids is 2. The van der Waals surface area contributed by atoms with Crippen LogP contribution in [0, 0.1) is 13.8 Å². The van der Waals surface area contributed by atoms with Gasteiger partial charge >= 0.3 is 0 Å². The van der Waals surface area contributed by atoms with E-state index < -0.39 is 0 Å². The van der Waals surface area contributed by atoms with Gasteiger partial charge in [0, 0.05) is 13.1 Å². The van der Waals surface area contributed by atoms with Crippen molar-refractivity contribution in [3.05, 3.63) is 62.5 Å². The van der Waals surface area contributed by atoms with Crippen LogP contribution in [0.1, 0.15) is 16.7 Å². The maximum Gasteiger partial charge on any atom is 0.264 e. The van der Waals surface area contributed by atoms with E-state index in [0.29, 0.717) is 46.6 Å². The van der Waals surface area contributed by atoms with E-state index in [1.165, 1.54) is 11.8 Å². The first-order valence-corrected chi connectivity index (χ1v) is 12.2. The summed E-state index contributed by atoms with van der Waals surface area (Å²) >= 11 is 4.80. The summed E-state index contributed by atoms with van der Waals surface area (Å²) in [6, 6.07) is 11.4. The van der Waals surface area contributed by atoms with Crippen LogP contribution in [0.4, 0.5) is 5.69 Å². The Morgan fingerprint density at radius 3 is 2.82 bits per heavy atom. The molecule has 2 aliphatic rings. The van der Waals surface area contributed by atoms with E-state index in [1.807, 2.05) is 44.2 Å². The van der Waals surface area contributed by atoms with Crippen molar-refractivity contribution in [1.82, 2.24) is 10.2 Å². The van der Waals surface area contributed by atoms with Crippen LogP contribution in [0.15, 0.2) is 50.8 Å². The molecule has 0 unspecified atom stereocenters. The fraction of sp³-hybridized carbons (Fsp3) is 0.292. The fourth-order valence-electron chi connectivity index (χ4n) is 3.37. The van der Waals surface area contributed by atoms with Gasteiger partial charge in [0.25, 0.3) is 11.8 Å². The second-order valence-electron chi connectivity index (χ2n) is 7.67. The molecule has 0 saturated carbocycles. The average Bonchev–Trinajstić information content (AvgIpc) is 3.15. The molecule has 0 atom stereocenters. The summed E-state index contributed by atoms with van der Waals surface area (Å²) in [5.74, 6) is 0.321. The molecule has 2 fully saturated rings. The number of aliphatic imine (C=N–C) groups is 1. The number of thioether (sulfide) groups is 1. The molecule has 1 N–H and O–H groups in total. The highest BCUT2D eigenvalue weighted by Crippen LogP contribution is 2.32. The van der Waals surface area contributed by atoms with Crippen LogP contribution in [0.25, 0.3) is 6.08 Å². The lowest BCUT2D eigenvalue weighted by Crippen LogP contribution is -2.43. The zero-order valence-electron chi connectivity index (χ0n) is 18.4. The number of amides is 2. The first kappa shape index (κ1) is 23.5. The van der Waals surface area contributed by atoms with E-state index in [0.717, 1.165) is 22.4 Å². The van der Waals surface area contributed by atoms with Crippen molar-refractivity contribution < 1.29 is 19.1 Å². The van der Waals surface area contributed by atoms with Gasteiger partial charge in [-0.3, -0.25) is 9.59 Å². The van der Waals surface area contributed by atoms with Gasteiger partial charge in [-0.2, -0.15) is 0 Å². The highest BCUT2D eigenvalue weighted by atomic mass is 79.9. The Hall–Kier alpha value is -2.62. The largest absolute Gasteiger partial charge is 0.483 e. The Labute approximate surface area is 205 Å². The molecule has 0 radical (unpaired) electrons. The summed E-state index contributed by atoms with van der Waals surface area (Å²) < 4.78 is 11.7. The predicted molar refractivity (Wildman–Crippen MR) is 134 cm³/mol. The Morgan fingerprint density at radius 2 is 2.06 bits per heavy atom. The lowest BCUT2D eigenvalue weighted by atomic mass is 10.1. The number of carbonyl (C=O) groups is 2. The standard InChI is InChI=1S/C24H24BrN3O4S/c1-15-4-3-5-19(16(15)2)26-24-27-23(30)21(33-24)13-17-6-7-20(18(25)12-17)32-14-22(29)28-8-10-31-11-9-28/h3-7,12-13H,8-11,14H2,1-2H3,(H,26,27,30)/b21-13-. The third-order valence-corrected chi connectivity index (χ3v) is 6.95. The quantitative estimate of drug-likeness (QED) is 0.587. The van der Waals surface area contributed by atoms with Crippen molar-refractivity contribution in [2.75, 3.05) is 32.9 Å². The predicted octanol–water partition coefficient (Wildman–Crippen LogP) is 4.20. The van der Waals surface area contributed by atoms with E-state index >= 15 is 0 Å². The number of hydrogen-bond donors (Lipinski definition) is 1. The van der Waals surface area contributed by atoms with Crippen LogP contribution in [0.5, 0.6) is 5.75 Å². The zero-order chi connectivity index (χ0) is 23.4. The van der Waals surface area contributed by atoms with E-state index in [2.05, 4.69) is 26.2 Å². The normalized spacial score (nSPS) is 18.6. The molecular formula is C24H24BrN3O4S. The monoisotopic (exact) mass is 529 g/mol.